The maximum absolute atomic E-state index is 4.92. The monoisotopic (exact) mass is 375 g/mol. The van der Waals surface area contributed by atoms with E-state index in [2.05, 4.69) is 96.6 Å². The van der Waals surface area contributed by atoms with E-state index in [1.54, 1.807) is 0 Å². The Morgan fingerprint density at radius 3 is 2.14 bits per heavy atom. The van der Waals surface area contributed by atoms with Crippen LogP contribution in [0.4, 0.5) is 0 Å². The molecule has 0 bridgehead atoms. The smallest absolute Gasteiger partial charge is 0.146 e. The molecule has 29 heavy (non-hydrogen) atoms. The summed E-state index contributed by atoms with van der Waals surface area (Å²) in [5, 5.41) is 5.01. The van der Waals surface area contributed by atoms with E-state index in [0.717, 1.165) is 11.3 Å². The maximum atomic E-state index is 4.92. The first-order valence-electron chi connectivity index (χ1n) is 9.98. The highest BCUT2D eigenvalue weighted by molar-refractivity contribution is 6.22. The number of hydrogen-bond acceptors (Lipinski definition) is 1. The van der Waals surface area contributed by atoms with Gasteiger partial charge in [-0.05, 0) is 36.4 Å². The van der Waals surface area contributed by atoms with Crippen molar-refractivity contribution in [1.29, 1.82) is 0 Å². The molecule has 0 N–H and O–H groups in total. The number of aryl methyl sites for hydroxylation is 3. The average Bonchev–Trinajstić information content (AvgIpc) is 3.29. The van der Waals surface area contributed by atoms with Crippen molar-refractivity contribution < 1.29 is 0 Å². The van der Waals surface area contributed by atoms with Gasteiger partial charge in [-0.1, -0.05) is 60.7 Å². The molecule has 0 aliphatic carbocycles. The number of nitrogens with zero attached hydrogens (tertiary/aromatic N) is 3. The number of hydrogen-bond donors (Lipinski definition) is 0. The molecule has 0 saturated carbocycles. The molecule has 3 heterocycles. The van der Waals surface area contributed by atoms with Crippen LogP contribution in [0, 0.1) is 13.8 Å². The van der Waals surface area contributed by atoms with Crippen LogP contribution in [-0.4, -0.2) is 14.0 Å². The van der Waals surface area contributed by atoms with Crippen molar-refractivity contribution in [2.24, 2.45) is 7.05 Å². The average molecular weight is 375 g/mol. The Kier molecular flexibility index (Phi) is 3.22. The lowest BCUT2D eigenvalue weighted by Crippen LogP contribution is -1.99. The minimum absolute atomic E-state index is 1.01. The second-order valence-corrected chi connectivity index (χ2v) is 7.89. The number of rotatable bonds is 1. The van der Waals surface area contributed by atoms with Crippen LogP contribution in [0.5, 0.6) is 0 Å². The molecule has 3 nitrogen and oxygen atoms in total. The fourth-order valence-electron chi connectivity index (χ4n) is 4.95. The molecular formula is C26H21N3. The van der Waals surface area contributed by atoms with Crippen LogP contribution in [-0.2, 0) is 7.05 Å². The molecule has 3 heteroatoms. The highest BCUT2D eigenvalue weighted by atomic mass is 15.1. The van der Waals surface area contributed by atoms with E-state index >= 15 is 0 Å². The van der Waals surface area contributed by atoms with Crippen molar-refractivity contribution in [3.8, 4) is 11.3 Å². The van der Waals surface area contributed by atoms with Crippen LogP contribution < -0.4 is 0 Å². The third-order valence-corrected chi connectivity index (χ3v) is 6.22. The molecule has 0 spiro atoms. The van der Waals surface area contributed by atoms with Crippen molar-refractivity contribution in [2.75, 3.05) is 0 Å². The lowest BCUT2D eigenvalue weighted by molar-refractivity contribution is 0.975. The summed E-state index contributed by atoms with van der Waals surface area (Å²) in [6, 6.07) is 23.8. The summed E-state index contributed by atoms with van der Waals surface area (Å²) in [4.78, 5) is 4.92. The summed E-state index contributed by atoms with van der Waals surface area (Å²) < 4.78 is 4.66. The molecular weight excluding hydrogens is 354 g/mol. The van der Waals surface area contributed by atoms with Gasteiger partial charge in [-0.3, -0.25) is 4.40 Å². The van der Waals surface area contributed by atoms with Gasteiger partial charge < -0.3 is 4.57 Å². The molecule has 0 saturated heterocycles. The molecule has 0 atom stereocenters. The number of aromatic nitrogens is 3. The van der Waals surface area contributed by atoms with Crippen molar-refractivity contribution in [2.45, 2.75) is 13.8 Å². The number of imidazole rings is 1. The number of para-hydroxylation sites is 1. The minimum atomic E-state index is 1.01. The van der Waals surface area contributed by atoms with Crippen LogP contribution in [0.3, 0.4) is 0 Å². The summed E-state index contributed by atoms with van der Waals surface area (Å²) in [5.74, 6) is 0. The highest BCUT2D eigenvalue weighted by Gasteiger charge is 2.20. The van der Waals surface area contributed by atoms with Crippen molar-refractivity contribution in [3.05, 3.63) is 84.1 Å². The fourth-order valence-corrected chi connectivity index (χ4v) is 4.95. The summed E-state index contributed by atoms with van der Waals surface area (Å²) in [6.45, 7) is 4.36. The Labute approximate surface area is 168 Å². The van der Waals surface area contributed by atoms with Gasteiger partial charge in [0.15, 0.2) is 0 Å². The van der Waals surface area contributed by atoms with Crippen LogP contribution in [0.25, 0.3) is 49.6 Å². The van der Waals surface area contributed by atoms with Crippen LogP contribution in [0.2, 0.25) is 0 Å². The largest absolute Gasteiger partial charge is 0.329 e. The number of pyridine rings is 1. The van der Waals surface area contributed by atoms with Gasteiger partial charge in [-0.15, -0.1) is 0 Å². The maximum Gasteiger partial charge on any atom is 0.146 e. The van der Waals surface area contributed by atoms with E-state index in [4.69, 9.17) is 4.98 Å². The molecule has 6 rings (SSSR count). The number of benzene rings is 3. The van der Waals surface area contributed by atoms with Crippen molar-refractivity contribution in [3.63, 3.8) is 0 Å². The fraction of sp³-hybridized carbons (Fsp3) is 0.115. The molecule has 140 valence electrons. The van der Waals surface area contributed by atoms with Gasteiger partial charge >= 0.3 is 0 Å². The quantitative estimate of drug-likeness (QED) is 0.325. The van der Waals surface area contributed by atoms with E-state index in [9.17, 15) is 0 Å². The standard InChI is InChI=1S/C26H21N3/c1-16-9-8-10-17(2)23(16)22-15-27-25-19-12-5-4-11-18(19)24-20-13-6-7-14-21(20)28(3)26(24)29(22)25/h4-15H,1-3H3. The van der Waals surface area contributed by atoms with Crippen LogP contribution in [0.15, 0.2) is 72.9 Å². The zero-order chi connectivity index (χ0) is 19.7. The SMILES string of the molecule is Cc1cccc(C)c1-c1cnc2c3ccccc3c3c4ccccc4n(C)c3n12. The predicted octanol–water partition coefficient (Wildman–Crippen LogP) is 6.42. The van der Waals surface area contributed by atoms with E-state index in [-0.39, 0.29) is 0 Å². The molecule has 6 aromatic rings. The summed E-state index contributed by atoms with van der Waals surface area (Å²) in [6.07, 6.45) is 2.04. The molecule has 0 unspecified atom stereocenters. The van der Waals surface area contributed by atoms with E-state index in [1.165, 1.54) is 49.4 Å². The molecule has 0 radical (unpaired) electrons. The Morgan fingerprint density at radius 1 is 0.724 bits per heavy atom. The zero-order valence-electron chi connectivity index (χ0n) is 16.8. The van der Waals surface area contributed by atoms with Gasteiger partial charge in [0.05, 0.1) is 17.4 Å². The third-order valence-electron chi connectivity index (χ3n) is 6.22. The molecule has 0 fully saturated rings. The Balaban J connectivity index is 1.96. The van der Waals surface area contributed by atoms with Gasteiger partial charge in [0.25, 0.3) is 0 Å². The summed E-state index contributed by atoms with van der Waals surface area (Å²) in [7, 11) is 2.16. The van der Waals surface area contributed by atoms with Gasteiger partial charge in [-0.25, -0.2) is 4.98 Å². The van der Waals surface area contributed by atoms with Gasteiger partial charge in [0.1, 0.15) is 11.3 Å². The van der Waals surface area contributed by atoms with Crippen molar-refractivity contribution in [1.82, 2.24) is 14.0 Å². The van der Waals surface area contributed by atoms with Crippen molar-refractivity contribution >= 4 is 38.4 Å². The molecule has 0 aliphatic heterocycles. The summed E-state index contributed by atoms with van der Waals surface area (Å²) >= 11 is 0. The first kappa shape index (κ1) is 16.4. The Bertz CT molecular complexity index is 1560. The second-order valence-electron chi connectivity index (χ2n) is 7.89. The highest BCUT2D eigenvalue weighted by Crippen LogP contribution is 2.39. The zero-order valence-corrected chi connectivity index (χ0v) is 16.8. The molecule has 3 aromatic carbocycles. The Hall–Kier alpha value is -3.59. The van der Waals surface area contributed by atoms with Gasteiger partial charge in [-0.2, -0.15) is 0 Å². The lowest BCUT2D eigenvalue weighted by Gasteiger charge is -2.13. The van der Waals surface area contributed by atoms with Gasteiger partial charge in [0, 0.05) is 28.8 Å². The van der Waals surface area contributed by atoms with Crippen LogP contribution >= 0.6 is 0 Å². The first-order chi connectivity index (χ1) is 14.2. The van der Waals surface area contributed by atoms with Crippen LogP contribution in [0.1, 0.15) is 11.1 Å². The predicted molar refractivity (Wildman–Crippen MR) is 122 cm³/mol. The van der Waals surface area contributed by atoms with E-state index in [0.29, 0.717) is 0 Å². The molecule has 0 aliphatic rings. The second kappa shape index (κ2) is 5.71. The van der Waals surface area contributed by atoms with E-state index < -0.39 is 0 Å². The normalized spacial score (nSPS) is 12.0. The number of fused-ring (bicyclic) bond motifs is 8. The topological polar surface area (TPSA) is 22.2 Å². The molecule has 3 aromatic heterocycles. The Morgan fingerprint density at radius 2 is 1.38 bits per heavy atom. The minimum Gasteiger partial charge on any atom is -0.329 e. The van der Waals surface area contributed by atoms with Gasteiger partial charge in [0.2, 0.25) is 0 Å². The first-order valence-corrected chi connectivity index (χ1v) is 9.98. The third kappa shape index (κ3) is 2.05. The lowest BCUT2D eigenvalue weighted by atomic mass is 10.0. The molecule has 0 amide bonds. The van der Waals surface area contributed by atoms with E-state index in [1.807, 2.05) is 6.20 Å². The summed E-state index contributed by atoms with van der Waals surface area (Å²) in [5.41, 5.74) is 8.39.